The van der Waals surface area contributed by atoms with Gasteiger partial charge in [0.15, 0.2) is 5.82 Å². The second-order valence-electron chi connectivity index (χ2n) is 3.19. The number of aromatic nitrogens is 2. The average Bonchev–Trinajstić information content (AvgIpc) is 2.71. The van der Waals surface area contributed by atoms with E-state index in [-0.39, 0.29) is 11.7 Å². The van der Waals surface area contributed by atoms with Gasteiger partial charge in [-0.3, -0.25) is 4.79 Å². The Bertz CT molecular complexity index is 276. The SMILES string of the molecule is O=C(c1ncc[nH]1)C1CCOCC1. The summed E-state index contributed by atoms with van der Waals surface area (Å²) in [5.41, 5.74) is 0. The van der Waals surface area contributed by atoms with Gasteiger partial charge >= 0.3 is 0 Å². The van der Waals surface area contributed by atoms with Crippen LogP contribution in [0.4, 0.5) is 0 Å². The highest BCUT2D eigenvalue weighted by molar-refractivity contribution is 5.94. The third kappa shape index (κ3) is 1.78. The summed E-state index contributed by atoms with van der Waals surface area (Å²) in [5.74, 6) is 0.695. The fourth-order valence-electron chi connectivity index (χ4n) is 1.55. The van der Waals surface area contributed by atoms with Crippen LogP contribution >= 0.6 is 0 Å². The van der Waals surface area contributed by atoms with Crippen LogP contribution in [0.3, 0.4) is 0 Å². The Hall–Kier alpha value is -1.16. The highest BCUT2D eigenvalue weighted by Crippen LogP contribution is 2.18. The molecule has 70 valence electrons. The molecule has 1 fully saturated rings. The third-order valence-corrected chi connectivity index (χ3v) is 2.32. The molecule has 1 aliphatic heterocycles. The molecule has 2 heterocycles. The zero-order chi connectivity index (χ0) is 9.10. The summed E-state index contributed by atoms with van der Waals surface area (Å²) in [7, 11) is 0. The van der Waals surface area contributed by atoms with Crippen molar-refractivity contribution in [2.45, 2.75) is 12.8 Å². The van der Waals surface area contributed by atoms with Crippen molar-refractivity contribution < 1.29 is 9.53 Å². The highest BCUT2D eigenvalue weighted by Gasteiger charge is 2.23. The number of rotatable bonds is 2. The fourth-order valence-corrected chi connectivity index (χ4v) is 1.55. The van der Waals surface area contributed by atoms with E-state index in [9.17, 15) is 4.79 Å². The van der Waals surface area contributed by atoms with Crippen molar-refractivity contribution in [1.82, 2.24) is 9.97 Å². The molecule has 4 heteroatoms. The second-order valence-corrected chi connectivity index (χ2v) is 3.19. The summed E-state index contributed by atoms with van der Waals surface area (Å²) in [6, 6.07) is 0. The van der Waals surface area contributed by atoms with Gasteiger partial charge in [-0.1, -0.05) is 0 Å². The number of carbonyl (C=O) groups is 1. The van der Waals surface area contributed by atoms with E-state index in [0.717, 1.165) is 12.8 Å². The Morgan fingerprint density at radius 2 is 2.31 bits per heavy atom. The maximum absolute atomic E-state index is 11.7. The van der Waals surface area contributed by atoms with Crippen LogP contribution in [0.2, 0.25) is 0 Å². The first-order valence-corrected chi connectivity index (χ1v) is 4.49. The Morgan fingerprint density at radius 1 is 1.54 bits per heavy atom. The normalized spacial score (nSPS) is 18.8. The number of carbonyl (C=O) groups excluding carboxylic acids is 1. The summed E-state index contributed by atoms with van der Waals surface area (Å²) in [5, 5.41) is 0. The molecule has 1 aromatic heterocycles. The van der Waals surface area contributed by atoms with Crippen molar-refractivity contribution in [2.24, 2.45) is 5.92 Å². The number of H-pyrrole nitrogens is 1. The van der Waals surface area contributed by atoms with E-state index in [1.165, 1.54) is 0 Å². The minimum atomic E-state index is 0.0971. The maximum atomic E-state index is 11.7. The van der Waals surface area contributed by atoms with Gasteiger partial charge in [-0.05, 0) is 12.8 Å². The summed E-state index contributed by atoms with van der Waals surface area (Å²) in [6.45, 7) is 1.38. The molecule has 1 saturated heterocycles. The number of Topliss-reactive ketones (excluding diaryl/α,β-unsaturated/α-hetero) is 1. The molecule has 0 aliphatic carbocycles. The topological polar surface area (TPSA) is 55.0 Å². The molecular weight excluding hydrogens is 168 g/mol. The standard InChI is InChI=1S/C9H12N2O2/c12-8(9-10-3-4-11-9)7-1-5-13-6-2-7/h3-4,7H,1-2,5-6H2,(H,10,11). The number of ketones is 1. The van der Waals surface area contributed by atoms with E-state index in [0.29, 0.717) is 19.0 Å². The van der Waals surface area contributed by atoms with Gasteiger partial charge in [0.2, 0.25) is 5.78 Å². The predicted molar refractivity (Wildman–Crippen MR) is 46.5 cm³/mol. The van der Waals surface area contributed by atoms with Crippen LogP contribution in [0.5, 0.6) is 0 Å². The molecule has 0 saturated carbocycles. The van der Waals surface area contributed by atoms with Gasteiger partial charge < -0.3 is 9.72 Å². The van der Waals surface area contributed by atoms with Crippen molar-refractivity contribution in [3.8, 4) is 0 Å². The van der Waals surface area contributed by atoms with E-state index < -0.39 is 0 Å². The number of ether oxygens (including phenoxy) is 1. The Balaban J connectivity index is 2.04. The van der Waals surface area contributed by atoms with Gasteiger partial charge in [0.25, 0.3) is 0 Å². The van der Waals surface area contributed by atoms with Crippen LogP contribution in [-0.4, -0.2) is 29.0 Å². The van der Waals surface area contributed by atoms with E-state index in [1.54, 1.807) is 12.4 Å². The Kier molecular flexibility index (Phi) is 2.40. The highest BCUT2D eigenvalue weighted by atomic mass is 16.5. The largest absolute Gasteiger partial charge is 0.381 e. The van der Waals surface area contributed by atoms with Crippen LogP contribution in [0.1, 0.15) is 23.5 Å². The van der Waals surface area contributed by atoms with Gasteiger partial charge in [-0.15, -0.1) is 0 Å². The Labute approximate surface area is 76.3 Å². The molecule has 0 aromatic carbocycles. The third-order valence-electron chi connectivity index (χ3n) is 2.32. The molecule has 0 atom stereocenters. The minimum Gasteiger partial charge on any atom is -0.381 e. The van der Waals surface area contributed by atoms with Gasteiger partial charge in [0.1, 0.15) is 0 Å². The lowest BCUT2D eigenvalue weighted by Crippen LogP contribution is -2.24. The monoisotopic (exact) mass is 180 g/mol. The van der Waals surface area contributed by atoms with Crippen molar-refractivity contribution in [2.75, 3.05) is 13.2 Å². The van der Waals surface area contributed by atoms with Crippen molar-refractivity contribution in [1.29, 1.82) is 0 Å². The number of nitrogens with zero attached hydrogens (tertiary/aromatic N) is 1. The van der Waals surface area contributed by atoms with E-state index >= 15 is 0 Å². The van der Waals surface area contributed by atoms with Crippen LogP contribution < -0.4 is 0 Å². The number of hydrogen-bond donors (Lipinski definition) is 1. The van der Waals surface area contributed by atoms with Gasteiger partial charge in [-0.25, -0.2) is 4.98 Å². The van der Waals surface area contributed by atoms with Crippen molar-refractivity contribution >= 4 is 5.78 Å². The van der Waals surface area contributed by atoms with Crippen LogP contribution in [0.15, 0.2) is 12.4 Å². The van der Waals surface area contributed by atoms with Gasteiger partial charge in [0, 0.05) is 31.5 Å². The predicted octanol–water partition coefficient (Wildman–Crippen LogP) is 1.02. The van der Waals surface area contributed by atoms with E-state index in [1.807, 2.05) is 0 Å². The molecule has 0 spiro atoms. The lowest BCUT2D eigenvalue weighted by molar-refractivity contribution is 0.0538. The van der Waals surface area contributed by atoms with Gasteiger partial charge in [0.05, 0.1) is 0 Å². The number of imidazole rings is 1. The molecule has 0 radical (unpaired) electrons. The summed E-state index contributed by atoms with van der Waals surface area (Å²) in [6.07, 6.45) is 4.91. The minimum absolute atomic E-state index is 0.0971. The molecule has 4 nitrogen and oxygen atoms in total. The molecule has 0 amide bonds. The second kappa shape index (κ2) is 3.70. The zero-order valence-corrected chi connectivity index (χ0v) is 7.32. The summed E-state index contributed by atoms with van der Waals surface area (Å²) < 4.78 is 5.18. The van der Waals surface area contributed by atoms with Crippen molar-refractivity contribution in [3.63, 3.8) is 0 Å². The smallest absolute Gasteiger partial charge is 0.201 e. The molecule has 1 aromatic rings. The Morgan fingerprint density at radius 3 is 2.92 bits per heavy atom. The lowest BCUT2D eigenvalue weighted by Gasteiger charge is -2.19. The van der Waals surface area contributed by atoms with Crippen LogP contribution in [0.25, 0.3) is 0 Å². The summed E-state index contributed by atoms with van der Waals surface area (Å²) in [4.78, 5) is 18.5. The molecule has 2 rings (SSSR count). The van der Waals surface area contributed by atoms with E-state index in [2.05, 4.69) is 9.97 Å². The number of aromatic amines is 1. The van der Waals surface area contributed by atoms with Crippen LogP contribution in [-0.2, 0) is 4.74 Å². The lowest BCUT2D eigenvalue weighted by atomic mass is 9.95. The first-order chi connectivity index (χ1) is 6.38. The molecular formula is C9H12N2O2. The van der Waals surface area contributed by atoms with E-state index in [4.69, 9.17) is 4.74 Å². The molecule has 0 bridgehead atoms. The summed E-state index contributed by atoms with van der Waals surface area (Å²) >= 11 is 0. The molecule has 13 heavy (non-hydrogen) atoms. The van der Waals surface area contributed by atoms with Gasteiger partial charge in [-0.2, -0.15) is 0 Å². The fraction of sp³-hybridized carbons (Fsp3) is 0.556. The first-order valence-electron chi connectivity index (χ1n) is 4.49. The molecule has 0 unspecified atom stereocenters. The van der Waals surface area contributed by atoms with Crippen molar-refractivity contribution in [3.05, 3.63) is 18.2 Å². The zero-order valence-electron chi connectivity index (χ0n) is 7.32. The molecule has 1 N–H and O–H groups in total. The quantitative estimate of drug-likeness (QED) is 0.691. The average molecular weight is 180 g/mol. The maximum Gasteiger partial charge on any atom is 0.201 e. The first kappa shape index (κ1) is 8.44. The van der Waals surface area contributed by atoms with Crippen LogP contribution in [0, 0.1) is 5.92 Å². The molecule has 1 aliphatic rings. The number of nitrogens with one attached hydrogen (secondary N) is 1. The number of hydrogen-bond acceptors (Lipinski definition) is 3.